The van der Waals surface area contributed by atoms with Crippen molar-refractivity contribution in [2.45, 2.75) is 26.8 Å². The average molecular weight is 426 g/mol. The zero-order valence-electron chi connectivity index (χ0n) is 16.6. The highest BCUT2D eigenvalue weighted by Crippen LogP contribution is 2.31. The van der Waals surface area contributed by atoms with Crippen LogP contribution in [0.1, 0.15) is 36.1 Å². The number of nitrogens with zero attached hydrogens (tertiary/aromatic N) is 5. The molecule has 1 aromatic carbocycles. The van der Waals surface area contributed by atoms with E-state index in [0.717, 1.165) is 10.4 Å². The summed E-state index contributed by atoms with van der Waals surface area (Å²) in [5, 5.41) is 4.94. The number of benzene rings is 1. The van der Waals surface area contributed by atoms with Crippen molar-refractivity contribution >= 4 is 45.0 Å². The molecule has 1 amide bonds. The Labute approximate surface area is 174 Å². The van der Waals surface area contributed by atoms with Gasteiger partial charge in [-0.2, -0.15) is 5.10 Å². The maximum atomic E-state index is 14.1. The number of carbonyl (C=O) groups excluding carboxylic acids is 1. The fourth-order valence-corrected chi connectivity index (χ4v) is 3.82. The van der Waals surface area contributed by atoms with Crippen LogP contribution in [0.25, 0.3) is 10.2 Å². The van der Waals surface area contributed by atoms with E-state index in [1.54, 1.807) is 21.7 Å². The van der Waals surface area contributed by atoms with Gasteiger partial charge in [-0.25, -0.2) is 9.37 Å². The lowest BCUT2D eigenvalue weighted by atomic mass is 10.3. The monoisotopic (exact) mass is 425 g/mol. The summed E-state index contributed by atoms with van der Waals surface area (Å²) in [6.45, 7) is 6.96. The summed E-state index contributed by atoms with van der Waals surface area (Å²) in [4.78, 5) is 21.4. The average Bonchev–Trinajstić information content (AvgIpc) is 3.19. The number of fused-ring (bicyclic) bond motifs is 1. The number of hydrogen-bond donors (Lipinski definition) is 0. The van der Waals surface area contributed by atoms with Crippen molar-refractivity contribution in [1.82, 2.24) is 19.7 Å². The predicted molar refractivity (Wildman–Crippen MR) is 114 cm³/mol. The molecule has 2 heterocycles. The summed E-state index contributed by atoms with van der Waals surface area (Å²) in [5.41, 5.74) is 1.60. The second-order valence-corrected chi connectivity index (χ2v) is 8.06. The van der Waals surface area contributed by atoms with E-state index < -0.39 is 0 Å². The van der Waals surface area contributed by atoms with E-state index in [2.05, 4.69) is 10.1 Å². The van der Waals surface area contributed by atoms with Crippen LogP contribution >= 0.6 is 23.7 Å². The highest BCUT2D eigenvalue weighted by Gasteiger charge is 2.26. The van der Waals surface area contributed by atoms with Gasteiger partial charge >= 0.3 is 0 Å². The molecule has 0 unspecified atom stereocenters. The molecule has 9 heteroatoms. The largest absolute Gasteiger partial charge is 0.308 e. The summed E-state index contributed by atoms with van der Waals surface area (Å²) in [7, 11) is 3.90. The number of thiazole rings is 1. The Balaban J connectivity index is 0.00000280. The number of amides is 1. The Bertz CT molecular complexity index is 969. The second kappa shape index (κ2) is 8.98. The van der Waals surface area contributed by atoms with Crippen LogP contribution in [0.2, 0.25) is 0 Å². The first-order valence-corrected chi connectivity index (χ1v) is 9.67. The molecule has 2 aromatic heterocycles. The smallest absolute Gasteiger partial charge is 0.278 e. The van der Waals surface area contributed by atoms with E-state index in [1.807, 2.05) is 45.8 Å². The number of anilines is 1. The molecule has 6 nitrogen and oxygen atoms in total. The topological polar surface area (TPSA) is 54.3 Å². The number of aryl methyl sites for hydroxylation is 1. The molecule has 0 bridgehead atoms. The van der Waals surface area contributed by atoms with Gasteiger partial charge in [-0.1, -0.05) is 17.4 Å². The maximum Gasteiger partial charge on any atom is 0.278 e. The van der Waals surface area contributed by atoms with Crippen LogP contribution in [0.3, 0.4) is 0 Å². The van der Waals surface area contributed by atoms with E-state index in [4.69, 9.17) is 0 Å². The molecule has 3 aromatic rings. The van der Waals surface area contributed by atoms with Gasteiger partial charge in [0, 0.05) is 19.1 Å². The van der Waals surface area contributed by atoms with Crippen molar-refractivity contribution in [3.63, 3.8) is 0 Å². The molecule has 0 saturated carbocycles. The van der Waals surface area contributed by atoms with Crippen molar-refractivity contribution in [3.8, 4) is 0 Å². The van der Waals surface area contributed by atoms with Gasteiger partial charge in [-0.05, 0) is 53.1 Å². The summed E-state index contributed by atoms with van der Waals surface area (Å²) in [6, 6.07) is 6.70. The van der Waals surface area contributed by atoms with E-state index >= 15 is 0 Å². The third-order valence-electron chi connectivity index (χ3n) is 4.17. The van der Waals surface area contributed by atoms with E-state index in [1.165, 1.54) is 17.4 Å². The first kappa shape index (κ1) is 22.3. The molecule has 0 aliphatic rings. The quantitative estimate of drug-likeness (QED) is 0.595. The second-order valence-electron chi connectivity index (χ2n) is 7.05. The minimum Gasteiger partial charge on any atom is -0.308 e. The molecule has 0 radical (unpaired) electrons. The van der Waals surface area contributed by atoms with Crippen LogP contribution in [-0.4, -0.2) is 52.8 Å². The van der Waals surface area contributed by atoms with Crippen molar-refractivity contribution in [2.24, 2.45) is 0 Å². The Morgan fingerprint density at radius 1 is 1.29 bits per heavy atom. The van der Waals surface area contributed by atoms with Crippen LogP contribution in [0.4, 0.5) is 9.52 Å². The molecule has 0 fully saturated rings. The van der Waals surface area contributed by atoms with Gasteiger partial charge in [0.1, 0.15) is 17.0 Å². The molecule has 0 spiro atoms. The molecule has 0 saturated heterocycles. The first-order valence-electron chi connectivity index (χ1n) is 8.85. The highest BCUT2D eigenvalue weighted by atomic mass is 35.5. The lowest BCUT2D eigenvalue weighted by Crippen LogP contribution is -2.38. The standard InChI is InChI=1S/C19H24FN5OS.ClH/c1-12(2)25-15(11-13(3)22-25)18(26)24(10-9-23(4)5)19-21-17-14(20)7-6-8-16(17)27-19;/h6-8,11-12H,9-10H2,1-5H3;1H. The third-order valence-corrected chi connectivity index (χ3v) is 5.22. The maximum absolute atomic E-state index is 14.1. The Morgan fingerprint density at radius 3 is 2.61 bits per heavy atom. The van der Waals surface area contributed by atoms with E-state index in [-0.39, 0.29) is 30.2 Å². The zero-order valence-corrected chi connectivity index (χ0v) is 18.3. The molecule has 0 aliphatic heterocycles. The van der Waals surface area contributed by atoms with Gasteiger partial charge in [0.15, 0.2) is 5.13 Å². The van der Waals surface area contributed by atoms with Crippen molar-refractivity contribution in [3.05, 3.63) is 41.5 Å². The van der Waals surface area contributed by atoms with Gasteiger partial charge < -0.3 is 4.90 Å². The number of para-hydroxylation sites is 1. The fourth-order valence-electron chi connectivity index (χ4n) is 2.81. The minimum atomic E-state index is -0.377. The fraction of sp³-hybridized carbons (Fsp3) is 0.421. The normalized spacial score (nSPS) is 11.3. The number of rotatable bonds is 6. The minimum absolute atomic E-state index is 0. The number of halogens is 2. The highest BCUT2D eigenvalue weighted by molar-refractivity contribution is 7.22. The van der Waals surface area contributed by atoms with Gasteiger partial charge in [0.25, 0.3) is 5.91 Å². The Hall–Kier alpha value is -2.03. The Kier molecular flexibility index (Phi) is 7.14. The van der Waals surface area contributed by atoms with Crippen molar-refractivity contribution in [1.29, 1.82) is 0 Å². The Morgan fingerprint density at radius 2 is 2.00 bits per heavy atom. The van der Waals surface area contributed by atoms with E-state index in [0.29, 0.717) is 29.4 Å². The lowest BCUT2D eigenvalue weighted by Gasteiger charge is -2.22. The summed E-state index contributed by atoms with van der Waals surface area (Å²) in [6.07, 6.45) is 0. The van der Waals surface area contributed by atoms with E-state index in [9.17, 15) is 9.18 Å². The molecular weight excluding hydrogens is 401 g/mol. The molecule has 0 N–H and O–H groups in total. The summed E-state index contributed by atoms with van der Waals surface area (Å²) in [5.74, 6) is -0.552. The molecule has 3 rings (SSSR count). The molecule has 28 heavy (non-hydrogen) atoms. The zero-order chi connectivity index (χ0) is 19.7. The molecular formula is C19H25ClFN5OS. The number of aromatic nitrogens is 3. The van der Waals surface area contributed by atoms with Crippen LogP contribution in [0.5, 0.6) is 0 Å². The van der Waals surface area contributed by atoms with Gasteiger partial charge in [0.2, 0.25) is 0 Å². The van der Waals surface area contributed by atoms with Gasteiger partial charge in [0.05, 0.1) is 10.4 Å². The number of carbonyl (C=O) groups is 1. The van der Waals surface area contributed by atoms with Crippen LogP contribution < -0.4 is 4.90 Å². The summed E-state index contributed by atoms with van der Waals surface area (Å²) >= 11 is 1.32. The number of hydrogen-bond acceptors (Lipinski definition) is 5. The molecule has 0 aliphatic carbocycles. The lowest BCUT2D eigenvalue weighted by molar-refractivity contribution is 0.0973. The van der Waals surface area contributed by atoms with Crippen LogP contribution in [-0.2, 0) is 0 Å². The summed E-state index contributed by atoms with van der Waals surface area (Å²) < 4.78 is 16.5. The molecule has 152 valence electrons. The predicted octanol–water partition coefficient (Wildman–Crippen LogP) is 4.15. The van der Waals surface area contributed by atoms with Crippen molar-refractivity contribution < 1.29 is 9.18 Å². The van der Waals surface area contributed by atoms with Crippen LogP contribution in [0.15, 0.2) is 24.3 Å². The third kappa shape index (κ3) is 4.51. The molecule has 0 atom stereocenters. The first-order chi connectivity index (χ1) is 12.8. The number of likely N-dealkylation sites (N-methyl/N-ethyl adjacent to an activating group) is 1. The van der Waals surface area contributed by atoms with Gasteiger partial charge in [-0.15, -0.1) is 12.4 Å². The van der Waals surface area contributed by atoms with Crippen molar-refractivity contribution in [2.75, 3.05) is 32.1 Å². The SMILES string of the molecule is Cc1cc(C(=O)N(CCN(C)C)c2nc3c(F)cccc3s2)n(C(C)C)n1.Cl. The van der Waals surface area contributed by atoms with Gasteiger partial charge in [-0.3, -0.25) is 14.4 Å². The van der Waals surface area contributed by atoms with Crippen LogP contribution in [0, 0.1) is 12.7 Å².